The standard InChI is InChI=1S/C20H25FN4O3S/c1-14-3-4-17(12-22-14)23-20(26)24-18-10-15(9-16(21)11-18)13-25-7-5-19(6-8-25)29(2,27)28/h3-4,9-12,19H,5-8,13H2,1-2H3,(H2,23,24,26). The molecule has 0 aliphatic carbocycles. The van der Waals surface area contributed by atoms with E-state index in [4.69, 9.17) is 0 Å². The number of halogens is 1. The van der Waals surface area contributed by atoms with Crippen molar-refractivity contribution in [1.29, 1.82) is 0 Å². The molecule has 29 heavy (non-hydrogen) atoms. The van der Waals surface area contributed by atoms with E-state index in [9.17, 15) is 17.6 Å². The first-order valence-corrected chi connectivity index (χ1v) is 11.4. The molecule has 2 aromatic rings. The molecule has 9 heteroatoms. The number of aryl methyl sites for hydroxylation is 1. The fraction of sp³-hybridized carbons (Fsp3) is 0.400. The molecule has 7 nitrogen and oxygen atoms in total. The van der Waals surface area contributed by atoms with Gasteiger partial charge in [0.05, 0.1) is 17.1 Å². The summed E-state index contributed by atoms with van der Waals surface area (Å²) in [4.78, 5) is 18.4. The Kier molecular flexibility index (Phi) is 6.49. The van der Waals surface area contributed by atoms with Crippen LogP contribution in [0.15, 0.2) is 36.5 Å². The van der Waals surface area contributed by atoms with Crippen LogP contribution in [-0.4, -0.2) is 48.9 Å². The summed E-state index contributed by atoms with van der Waals surface area (Å²) < 4.78 is 37.4. The number of anilines is 2. The zero-order valence-corrected chi connectivity index (χ0v) is 17.3. The van der Waals surface area contributed by atoms with Gasteiger partial charge in [-0.15, -0.1) is 0 Å². The van der Waals surface area contributed by atoms with Crippen molar-refractivity contribution in [3.63, 3.8) is 0 Å². The van der Waals surface area contributed by atoms with Gasteiger partial charge in [-0.3, -0.25) is 9.88 Å². The van der Waals surface area contributed by atoms with Crippen LogP contribution in [0, 0.1) is 12.7 Å². The lowest BCUT2D eigenvalue weighted by atomic mass is 10.1. The van der Waals surface area contributed by atoms with Gasteiger partial charge in [-0.25, -0.2) is 17.6 Å². The van der Waals surface area contributed by atoms with Gasteiger partial charge < -0.3 is 10.6 Å². The molecule has 2 amide bonds. The molecule has 1 aliphatic heterocycles. The number of nitrogens with one attached hydrogen (secondary N) is 2. The Bertz CT molecular complexity index is 972. The Morgan fingerprint density at radius 1 is 1.17 bits per heavy atom. The number of carbonyl (C=O) groups is 1. The lowest BCUT2D eigenvalue weighted by Crippen LogP contribution is -2.38. The number of piperidine rings is 1. The number of carbonyl (C=O) groups excluding carboxylic acids is 1. The summed E-state index contributed by atoms with van der Waals surface area (Å²) in [6.07, 6.45) is 3.97. The second kappa shape index (κ2) is 8.87. The first-order chi connectivity index (χ1) is 13.7. The zero-order valence-electron chi connectivity index (χ0n) is 16.5. The molecule has 156 valence electrons. The maximum absolute atomic E-state index is 14.0. The monoisotopic (exact) mass is 420 g/mol. The van der Waals surface area contributed by atoms with Crippen LogP contribution in [0.3, 0.4) is 0 Å². The van der Waals surface area contributed by atoms with Gasteiger partial charge in [0.15, 0.2) is 0 Å². The van der Waals surface area contributed by atoms with E-state index in [1.165, 1.54) is 18.4 Å². The highest BCUT2D eigenvalue weighted by Gasteiger charge is 2.26. The fourth-order valence-electron chi connectivity index (χ4n) is 3.40. The second-order valence-electron chi connectivity index (χ2n) is 7.42. The summed E-state index contributed by atoms with van der Waals surface area (Å²) in [6.45, 7) is 3.62. The van der Waals surface area contributed by atoms with E-state index in [1.807, 2.05) is 6.92 Å². The van der Waals surface area contributed by atoms with Crippen molar-refractivity contribution < 1.29 is 17.6 Å². The molecule has 1 aromatic heterocycles. The Morgan fingerprint density at radius 2 is 1.86 bits per heavy atom. The van der Waals surface area contributed by atoms with E-state index in [-0.39, 0.29) is 5.25 Å². The van der Waals surface area contributed by atoms with E-state index in [0.717, 1.165) is 11.3 Å². The highest BCUT2D eigenvalue weighted by molar-refractivity contribution is 7.91. The van der Waals surface area contributed by atoms with Gasteiger partial charge in [0.2, 0.25) is 0 Å². The van der Waals surface area contributed by atoms with E-state index in [1.54, 1.807) is 24.4 Å². The Balaban J connectivity index is 1.59. The molecule has 0 spiro atoms. The average molecular weight is 421 g/mol. The first kappa shape index (κ1) is 21.2. The third kappa shape index (κ3) is 6.23. The van der Waals surface area contributed by atoms with Gasteiger partial charge in [-0.2, -0.15) is 0 Å². The minimum Gasteiger partial charge on any atom is -0.308 e. The van der Waals surface area contributed by atoms with Crippen LogP contribution >= 0.6 is 0 Å². The largest absolute Gasteiger partial charge is 0.323 e. The molecule has 2 heterocycles. The van der Waals surface area contributed by atoms with E-state index in [0.29, 0.717) is 43.9 Å². The lowest BCUT2D eigenvalue weighted by molar-refractivity contribution is 0.222. The van der Waals surface area contributed by atoms with Gasteiger partial charge in [0.1, 0.15) is 15.7 Å². The molecule has 0 unspecified atom stereocenters. The first-order valence-electron chi connectivity index (χ1n) is 9.40. The molecule has 0 radical (unpaired) electrons. The molecule has 0 bridgehead atoms. The second-order valence-corrected chi connectivity index (χ2v) is 9.75. The van der Waals surface area contributed by atoms with Gasteiger partial charge in [0.25, 0.3) is 0 Å². The predicted octanol–water partition coefficient (Wildman–Crippen LogP) is 3.18. The summed E-state index contributed by atoms with van der Waals surface area (Å²) in [5.41, 5.74) is 2.45. The minimum absolute atomic E-state index is 0.302. The summed E-state index contributed by atoms with van der Waals surface area (Å²) in [5.74, 6) is -0.444. The number of nitrogens with zero attached hydrogens (tertiary/aromatic N) is 2. The maximum Gasteiger partial charge on any atom is 0.323 e. The lowest BCUT2D eigenvalue weighted by Gasteiger charge is -2.31. The molecule has 3 rings (SSSR count). The van der Waals surface area contributed by atoms with Gasteiger partial charge >= 0.3 is 6.03 Å². The van der Waals surface area contributed by atoms with E-state index in [2.05, 4.69) is 20.5 Å². The summed E-state index contributed by atoms with van der Waals surface area (Å²) in [6, 6.07) is 7.43. The number of sulfone groups is 1. The average Bonchev–Trinajstić information content (AvgIpc) is 2.63. The Morgan fingerprint density at radius 3 is 2.48 bits per heavy atom. The number of aromatic nitrogens is 1. The topological polar surface area (TPSA) is 91.4 Å². The van der Waals surface area contributed by atoms with Crippen LogP contribution in [0.1, 0.15) is 24.1 Å². The van der Waals surface area contributed by atoms with Gasteiger partial charge in [-0.05, 0) is 68.8 Å². The normalized spacial score (nSPS) is 15.8. The molecule has 0 atom stereocenters. The third-order valence-electron chi connectivity index (χ3n) is 4.93. The Labute approximate surface area is 170 Å². The molecule has 2 N–H and O–H groups in total. The quantitative estimate of drug-likeness (QED) is 0.775. The fourth-order valence-corrected chi connectivity index (χ4v) is 4.47. The SMILES string of the molecule is Cc1ccc(NC(=O)Nc2cc(F)cc(CN3CCC(S(C)(=O)=O)CC3)c2)cn1. The minimum atomic E-state index is -3.02. The van der Waals surface area contributed by atoms with Crippen molar-refractivity contribution in [2.24, 2.45) is 0 Å². The highest BCUT2D eigenvalue weighted by atomic mass is 32.2. The number of rotatable bonds is 5. The van der Waals surface area contributed by atoms with Crippen LogP contribution in [0.5, 0.6) is 0 Å². The van der Waals surface area contributed by atoms with Crippen LogP contribution < -0.4 is 10.6 Å². The van der Waals surface area contributed by atoms with Crippen LogP contribution in [0.4, 0.5) is 20.6 Å². The van der Waals surface area contributed by atoms with Crippen LogP contribution in [-0.2, 0) is 16.4 Å². The molecule has 0 saturated carbocycles. The molecule has 1 aromatic carbocycles. The molecule has 1 fully saturated rings. The Hall–Kier alpha value is -2.52. The van der Waals surface area contributed by atoms with E-state index < -0.39 is 21.7 Å². The smallest absolute Gasteiger partial charge is 0.308 e. The number of pyridine rings is 1. The number of hydrogen-bond donors (Lipinski definition) is 2. The molecular formula is C20H25FN4O3S. The van der Waals surface area contributed by atoms with Crippen molar-refractivity contribution in [2.75, 3.05) is 30.0 Å². The van der Waals surface area contributed by atoms with Crippen LogP contribution in [0.25, 0.3) is 0 Å². The molecule has 1 saturated heterocycles. The highest BCUT2D eigenvalue weighted by Crippen LogP contribution is 2.21. The van der Waals surface area contributed by atoms with Crippen molar-refractivity contribution in [1.82, 2.24) is 9.88 Å². The van der Waals surface area contributed by atoms with Gasteiger partial charge in [0, 0.05) is 24.2 Å². The van der Waals surface area contributed by atoms with Crippen molar-refractivity contribution in [2.45, 2.75) is 31.6 Å². The summed E-state index contributed by atoms with van der Waals surface area (Å²) in [5, 5.41) is 4.99. The number of amides is 2. The van der Waals surface area contributed by atoms with E-state index >= 15 is 0 Å². The number of hydrogen-bond acceptors (Lipinski definition) is 5. The predicted molar refractivity (Wildman–Crippen MR) is 111 cm³/mol. The molecular weight excluding hydrogens is 395 g/mol. The van der Waals surface area contributed by atoms with Gasteiger partial charge in [-0.1, -0.05) is 0 Å². The van der Waals surface area contributed by atoms with Crippen molar-refractivity contribution in [3.05, 3.63) is 53.6 Å². The number of likely N-dealkylation sites (tertiary alicyclic amines) is 1. The number of benzene rings is 1. The number of urea groups is 1. The van der Waals surface area contributed by atoms with Crippen molar-refractivity contribution in [3.8, 4) is 0 Å². The van der Waals surface area contributed by atoms with Crippen LogP contribution in [0.2, 0.25) is 0 Å². The third-order valence-corrected chi connectivity index (χ3v) is 6.61. The zero-order chi connectivity index (χ0) is 21.0. The maximum atomic E-state index is 14.0. The molecule has 1 aliphatic rings. The van der Waals surface area contributed by atoms with Crippen molar-refractivity contribution >= 4 is 27.2 Å². The summed E-state index contributed by atoms with van der Waals surface area (Å²) >= 11 is 0. The summed E-state index contributed by atoms with van der Waals surface area (Å²) in [7, 11) is -3.02.